The second-order valence-corrected chi connectivity index (χ2v) is 7.61. The molecule has 0 saturated heterocycles. The number of aromatic hydroxyl groups is 1. The van der Waals surface area contributed by atoms with Gasteiger partial charge in [0.2, 0.25) is 5.89 Å². The zero-order valence-corrected chi connectivity index (χ0v) is 17.5. The van der Waals surface area contributed by atoms with Crippen molar-refractivity contribution in [2.24, 2.45) is 4.99 Å². The lowest BCUT2D eigenvalue weighted by Crippen LogP contribution is -1.94. The maximum Gasteiger partial charge on any atom is 0.227 e. The molecule has 0 unspecified atom stereocenters. The molecule has 6 heteroatoms. The number of oxazole rings is 1. The van der Waals surface area contributed by atoms with Crippen molar-refractivity contribution >= 4 is 50.5 Å². The minimum absolute atomic E-state index is 0.123. The van der Waals surface area contributed by atoms with Gasteiger partial charge in [-0.1, -0.05) is 29.8 Å². The van der Waals surface area contributed by atoms with Gasteiger partial charge in [0.1, 0.15) is 11.3 Å². The van der Waals surface area contributed by atoms with Crippen LogP contribution in [-0.4, -0.2) is 16.3 Å². The molecule has 140 valence electrons. The highest BCUT2D eigenvalue weighted by atomic mass is 79.9. The fraction of sp³-hybridized carbons (Fsp3) is 0.0909. The highest BCUT2D eigenvalue weighted by Crippen LogP contribution is 2.38. The van der Waals surface area contributed by atoms with Crippen molar-refractivity contribution in [3.05, 3.63) is 74.7 Å². The molecule has 3 aromatic carbocycles. The number of aliphatic imine (C=N–C) groups is 1. The first-order valence-corrected chi connectivity index (χ1v) is 9.80. The van der Waals surface area contributed by atoms with Gasteiger partial charge in [-0.3, -0.25) is 4.99 Å². The second kappa shape index (κ2) is 7.41. The van der Waals surface area contributed by atoms with E-state index in [2.05, 4.69) is 25.9 Å². The highest BCUT2D eigenvalue weighted by molar-refractivity contribution is 9.10. The SMILES string of the molecule is Cc1c(Cl)c(C)c(C=Nc2cccc(-c3nc4ccccc4o3)c2)c(O)c1Br. The van der Waals surface area contributed by atoms with Gasteiger partial charge in [-0.15, -0.1) is 0 Å². The molecule has 0 spiro atoms. The number of rotatable bonds is 3. The number of nitrogens with zero attached hydrogens (tertiary/aromatic N) is 2. The second-order valence-electron chi connectivity index (χ2n) is 6.44. The fourth-order valence-corrected chi connectivity index (χ4v) is 3.70. The van der Waals surface area contributed by atoms with E-state index in [1.807, 2.05) is 62.4 Å². The van der Waals surface area contributed by atoms with E-state index in [4.69, 9.17) is 16.0 Å². The number of aromatic nitrogens is 1. The summed E-state index contributed by atoms with van der Waals surface area (Å²) in [4.78, 5) is 9.04. The summed E-state index contributed by atoms with van der Waals surface area (Å²) >= 11 is 9.75. The Morgan fingerprint density at radius 1 is 1.11 bits per heavy atom. The first-order chi connectivity index (χ1) is 13.5. The maximum absolute atomic E-state index is 10.5. The summed E-state index contributed by atoms with van der Waals surface area (Å²) in [6.07, 6.45) is 1.62. The predicted molar refractivity (Wildman–Crippen MR) is 117 cm³/mol. The zero-order chi connectivity index (χ0) is 19.8. The van der Waals surface area contributed by atoms with Crippen molar-refractivity contribution in [3.8, 4) is 17.2 Å². The molecule has 0 aliphatic heterocycles. The maximum atomic E-state index is 10.5. The predicted octanol–water partition coefficient (Wildman–Crippen LogP) is 6.98. The smallest absolute Gasteiger partial charge is 0.227 e. The normalized spacial score (nSPS) is 11.6. The Kier molecular flexibility index (Phi) is 4.96. The molecular weight excluding hydrogens is 440 g/mol. The van der Waals surface area contributed by atoms with Crippen LogP contribution in [-0.2, 0) is 0 Å². The Balaban J connectivity index is 1.71. The third-order valence-electron chi connectivity index (χ3n) is 4.58. The molecule has 4 nitrogen and oxygen atoms in total. The van der Waals surface area contributed by atoms with Crippen LogP contribution in [0.25, 0.3) is 22.6 Å². The molecule has 1 aromatic heterocycles. The van der Waals surface area contributed by atoms with Gasteiger partial charge in [0.15, 0.2) is 5.58 Å². The summed E-state index contributed by atoms with van der Waals surface area (Å²) in [5.74, 6) is 0.664. The van der Waals surface area contributed by atoms with Gasteiger partial charge < -0.3 is 9.52 Å². The van der Waals surface area contributed by atoms with Gasteiger partial charge in [-0.2, -0.15) is 0 Å². The lowest BCUT2D eigenvalue weighted by atomic mass is 10.0. The van der Waals surface area contributed by atoms with E-state index in [-0.39, 0.29) is 5.75 Å². The standard InChI is InChI=1S/C22H16BrClN2O2/c1-12-16(21(27)19(23)13(2)20(12)24)11-25-15-7-5-6-14(10-15)22-26-17-8-3-4-9-18(17)28-22/h3-11,27H,1-2H3. The van der Waals surface area contributed by atoms with E-state index in [1.54, 1.807) is 6.21 Å². The summed E-state index contributed by atoms with van der Waals surface area (Å²) in [6, 6.07) is 15.2. The quantitative estimate of drug-likeness (QED) is 0.339. The lowest BCUT2D eigenvalue weighted by molar-refractivity contribution is 0.470. The average Bonchev–Trinajstić information content (AvgIpc) is 3.15. The molecule has 4 aromatic rings. The van der Waals surface area contributed by atoms with Crippen molar-refractivity contribution < 1.29 is 9.52 Å². The van der Waals surface area contributed by atoms with E-state index in [0.29, 0.717) is 26.6 Å². The molecule has 0 aliphatic rings. The minimum Gasteiger partial charge on any atom is -0.506 e. The van der Waals surface area contributed by atoms with Crippen LogP contribution < -0.4 is 0 Å². The number of hydrogen-bond acceptors (Lipinski definition) is 4. The van der Waals surface area contributed by atoms with Gasteiger partial charge >= 0.3 is 0 Å². The molecule has 28 heavy (non-hydrogen) atoms. The molecule has 1 heterocycles. The molecule has 0 bridgehead atoms. The van der Waals surface area contributed by atoms with Crippen LogP contribution in [0, 0.1) is 13.8 Å². The monoisotopic (exact) mass is 454 g/mol. The third kappa shape index (κ3) is 3.32. The molecule has 0 amide bonds. The Bertz CT molecular complexity index is 1170. The highest BCUT2D eigenvalue weighted by Gasteiger charge is 2.15. The number of phenolic OH excluding ortho intramolecular Hbond substituents is 1. The number of para-hydroxylation sites is 2. The molecule has 0 fully saturated rings. The Labute approximate surface area is 175 Å². The Hall–Kier alpha value is -2.63. The van der Waals surface area contributed by atoms with Crippen LogP contribution in [0.2, 0.25) is 5.02 Å². The summed E-state index contributed by atoms with van der Waals surface area (Å²) in [5, 5.41) is 11.1. The van der Waals surface area contributed by atoms with Crippen LogP contribution >= 0.6 is 27.5 Å². The summed E-state index contributed by atoms with van der Waals surface area (Å²) in [5.41, 5.74) is 5.25. The van der Waals surface area contributed by atoms with Crippen molar-refractivity contribution in [2.75, 3.05) is 0 Å². The van der Waals surface area contributed by atoms with Crippen LogP contribution in [0.3, 0.4) is 0 Å². The van der Waals surface area contributed by atoms with E-state index >= 15 is 0 Å². The van der Waals surface area contributed by atoms with Gasteiger partial charge in [0.25, 0.3) is 0 Å². The average molecular weight is 456 g/mol. The van der Waals surface area contributed by atoms with Crippen LogP contribution in [0.1, 0.15) is 16.7 Å². The topological polar surface area (TPSA) is 58.6 Å². The van der Waals surface area contributed by atoms with Crippen molar-refractivity contribution in [1.29, 1.82) is 0 Å². The third-order valence-corrected chi connectivity index (χ3v) is 6.12. The Morgan fingerprint density at radius 2 is 1.89 bits per heavy atom. The number of benzene rings is 3. The number of halogens is 2. The van der Waals surface area contributed by atoms with Crippen molar-refractivity contribution in [1.82, 2.24) is 4.98 Å². The van der Waals surface area contributed by atoms with Crippen LogP contribution in [0.5, 0.6) is 5.75 Å². The summed E-state index contributed by atoms with van der Waals surface area (Å²) in [7, 11) is 0. The van der Waals surface area contributed by atoms with Gasteiger partial charge in [-0.05, 0) is 71.2 Å². The molecular formula is C22H16BrClN2O2. The molecule has 0 atom stereocenters. The van der Waals surface area contributed by atoms with E-state index < -0.39 is 0 Å². The number of hydrogen-bond donors (Lipinski definition) is 1. The molecule has 1 N–H and O–H groups in total. The fourth-order valence-electron chi connectivity index (χ4n) is 2.98. The minimum atomic E-state index is 0.123. The summed E-state index contributed by atoms with van der Waals surface area (Å²) in [6.45, 7) is 3.71. The lowest BCUT2D eigenvalue weighted by Gasteiger charge is -2.12. The van der Waals surface area contributed by atoms with Gasteiger partial charge in [-0.25, -0.2) is 4.98 Å². The van der Waals surface area contributed by atoms with Crippen LogP contribution in [0.15, 0.2) is 62.4 Å². The van der Waals surface area contributed by atoms with Crippen LogP contribution in [0.4, 0.5) is 5.69 Å². The first-order valence-electron chi connectivity index (χ1n) is 8.63. The molecule has 4 rings (SSSR count). The van der Waals surface area contributed by atoms with Gasteiger partial charge in [0, 0.05) is 22.4 Å². The van der Waals surface area contributed by atoms with Gasteiger partial charge in [0.05, 0.1) is 10.2 Å². The molecule has 0 saturated carbocycles. The molecule has 0 aliphatic carbocycles. The first kappa shape index (κ1) is 18.7. The van der Waals surface area contributed by atoms with Crippen molar-refractivity contribution in [2.45, 2.75) is 13.8 Å². The summed E-state index contributed by atoms with van der Waals surface area (Å²) < 4.78 is 6.40. The Morgan fingerprint density at radius 3 is 2.68 bits per heavy atom. The number of fused-ring (bicyclic) bond motifs is 1. The van der Waals surface area contributed by atoms with E-state index in [0.717, 1.165) is 27.8 Å². The molecule has 0 radical (unpaired) electrons. The number of phenols is 1. The largest absolute Gasteiger partial charge is 0.506 e. The zero-order valence-electron chi connectivity index (χ0n) is 15.2. The van der Waals surface area contributed by atoms with Crippen molar-refractivity contribution in [3.63, 3.8) is 0 Å². The van der Waals surface area contributed by atoms with E-state index in [1.165, 1.54) is 0 Å². The van der Waals surface area contributed by atoms with E-state index in [9.17, 15) is 5.11 Å².